The number of aromatic hydroxyl groups is 1. The highest BCUT2D eigenvalue weighted by molar-refractivity contribution is 7.23. The van der Waals surface area contributed by atoms with Gasteiger partial charge >= 0.3 is 0 Å². The molecule has 0 radical (unpaired) electrons. The van der Waals surface area contributed by atoms with E-state index in [4.69, 9.17) is 5.73 Å². The van der Waals surface area contributed by atoms with Crippen molar-refractivity contribution in [2.24, 2.45) is 33.9 Å². The average molecular weight is 717 g/mol. The fourth-order valence-corrected chi connectivity index (χ4v) is 10.5. The summed E-state index contributed by atoms with van der Waals surface area (Å²) in [5, 5.41) is 48.6. The molecule has 2 saturated carbocycles. The molecule has 6 rings (SSSR count). The zero-order chi connectivity index (χ0) is 35.6. The normalized spacial score (nSPS) is 26.4. The summed E-state index contributed by atoms with van der Waals surface area (Å²) < 4.78 is 0. The number of fused-ring (bicyclic) bond motifs is 1. The van der Waals surface area contributed by atoms with Crippen LogP contribution in [0.1, 0.15) is 78.0 Å². The molecule has 3 aromatic rings. The number of guanidine groups is 1. The first-order chi connectivity index (χ1) is 24.0. The van der Waals surface area contributed by atoms with E-state index < -0.39 is 12.2 Å². The topological polar surface area (TPSA) is 160 Å². The predicted molar refractivity (Wildman–Crippen MR) is 203 cm³/mol. The molecule has 11 heteroatoms. The van der Waals surface area contributed by atoms with E-state index in [2.05, 4.69) is 33.5 Å². The zero-order valence-corrected chi connectivity index (χ0v) is 30.5. The van der Waals surface area contributed by atoms with Gasteiger partial charge < -0.3 is 36.8 Å². The van der Waals surface area contributed by atoms with Crippen LogP contribution in [0.15, 0.2) is 47.5 Å². The number of aliphatic imine (C=N–C) groups is 1. The van der Waals surface area contributed by atoms with Gasteiger partial charge in [-0.3, -0.25) is 9.79 Å². The molecule has 266 valence electrons. The van der Waals surface area contributed by atoms with E-state index in [1.807, 2.05) is 43.3 Å². The van der Waals surface area contributed by atoms with Gasteiger partial charge in [0, 0.05) is 40.0 Å². The van der Waals surface area contributed by atoms with Gasteiger partial charge in [0.1, 0.15) is 5.75 Å². The number of nitrogens with zero attached hydrogens (tertiary/aromatic N) is 1. The molecule has 1 aromatic carbocycles. The molecule has 0 saturated heterocycles. The second-order valence-corrected chi connectivity index (χ2v) is 16.4. The van der Waals surface area contributed by atoms with Crippen LogP contribution in [0.2, 0.25) is 0 Å². The summed E-state index contributed by atoms with van der Waals surface area (Å²) in [6.45, 7) is 3.26. The number of nitrogens with one attached hydrogen (secondary N) is 2. The van der Waals surface area contributed by atoms with Gasteiger partial charge in [-0.05, 0) is 118 Å². The van der Waals surface area contributed by atoms with E-state index >= 15 is 0 Å². The second-order valence-electron chi connectivity index (χ2n) is 14.2. The first kappa shape index (κ1) is 36.1. The van der Waals surface area contributed by atoms with E-state index in [0.29, 0.717) is 30.8 Å². The van der Waals surface area contributed by atoms with Crippen LogP contribution in [-0.2, 0) is 6.42 Å². The number of phenolic OH excluding ortho intramolecular Hbond substituents is 1. The largest absolute Gasteiger partial charge is 0.507 e. The molecule has 8 atom stereocenters. The standard InChI is InChI=1S/C39H48N4O5S2/c1-4-5-26-7-11-34(49-26)35-12-13-36(50-35)37(48)28-9-6-24(19-39(28)15-14-25(20-39)33(47)21-44)30(43-38(40)41-3)16-23-17-31-27(32(46)18-23)8-10-29(42-31)22(2)45/h7-8,10-13,17-18,22,24-25,28-30,33,42,44-47H,6,9,14-16,19-21H2,1-3H3,(H3,40,41,43)/t22-,24-,25-,28-,29-,30+,33+,39-/m0/s1. The number of thiophene rings is 2. The molecule has 1 spiro atoms. The number of carbonyl (C=O) groups excluding carboxylic acids is 1. The smallest absolute Gasteiger partial charge is 0.188 e. The van der Waals surface area contributed by atoms with Crippen LogP contribution >= 0.6 is 22.7 Å². The van der Waals surface area contributed by atoms with Gasteiger partial charge in [-0.15, -0.1) is 28.6 Å². The molecule has 0 amide bonds. The fourth-order valence-electron chi connectivity index (χ4n) is 8.48. The number of hydrogen-bond donors (Lipinski definition) is 7. The highest BCUT2D eigenvalue weighted by Gasteiger charge is 2.53. The number of carbonyl (C=O) groups is 1. The molecular formula is C39H48N4O5S2. The van der Waals surface area contributed by atoms with Crippen LogP contribution in [0, 0.1) is 35.0 Å². The number of anilines is 1. The number of benzene rings is 1. The lowest BCUT2D eigenvalue weighted by atomic mass is 9.58. The lowest BCUT2D eigenvalue weighted by Gasteiger charge is -2.47. The lowest BCUT2D eigenvalue weighted by molar-refractivity contribution is 0.0187. The number of ketones is 1. The Morgan fingerprint density at radius 3 is 2.62 bits per heavy atom. The molecule has 8 N–H and O–H groups in total. The molecule has 50 heavy (non-hydrogen) atoms. The third-order valence-corrected chi connectivity index (χ3v) is 13.3. The summed E-state index contributed by atoms with van der Waals surface area (Å²) in [7, 11) is 1.65. The summed E-state index contributed by atoms with van der Waals surface area (Å²) in [5.41, 5.74) is 8.31. The maximum Gasteiger partial charge on any atom is 0.188 e. The number of hydrogen-bond acceptors (Lipinski definition) is 9. The molecule has 0 bridgehead atoms. The Kier molecular flexibility index (Phi) is 11.1. The minimum Gasteiger partial charge on any atom is -0.507 e. The van der Waals surface area contributed by atoms with E-state index in [0.717, 1.165) is 56.4 Å². The first-order valence-electron chi connectivity index (χ1n) is 17.5. The molecular weight excluding hydrogens is 669 g/mol. The second kappa shape index (κ2) is 15.3. The molecule has 0 unspecified atom stereocenters. The van der Waals surface area contributed by atoms with Gasteiger partial charge in [0.15, 0.2) is 11.7 Å². The number of Topliss-reactive ketones (excluding diaryl/α,β-unsaturated/α-hetero) is 1. The lowest BCUT2D eigenvalue weighted by Crippen LogP contribution is -2.50. The van der Waals surface area contributed by atoms with Crippen LogP contribution in [0.3, 0.4) is 0 Å². The van der Waals surface area contributed by atoms with Crippen molar-refractivity contribution in [2.75, 3.05) is 19.0 Å². The van der Waals surface area contributed by atoms with Crippen molar-refractivity contribution in [2.45, 2.75) is 83.1 Å². The Morgan fingerprint density at radius 1 is 1.12 bits per heavy atom. The summed E-state index contributed by atoms with van der Waals surface area (Å²) in [6, 6.07) is 11.5. The first-order valence-corrected chi connectivity index (χ1v) is 19.1. The molecule has 3 heterocycles. The van der Waals surface area contributed by atoms with Crippen molar-refractivity contribution in [3.05, 3.63) is 63.4 Å². The molecule has 9 nitrogen and oxygen atoms in total. The van der Waals surface area contributed by atoms with Gasteiger partial charge in [0.25, 0.3) is 0 Å². The highest BCUT2D eigenvalue weighted by atomic mass is 32.1. The Labute approximate surface area is 302 Å². The Balaban J connectivity index is 1.28. The minimum atomic E-state index is -0.819. The SMILES string of the molecule is CC#Cc1ccc(-c2ccc(C(=O)[C@@H]3CC[C@H]([C@@H](Cc4cc(O)c5c(c4)N[C@H]([C@H](C)O)C=C5)NC(N)=NC)C[C@]34CC[C@H]([C@H](O)CO)C4)s2)s1. The van der Waals surface area contributed by atoms with Crippen molar-refractivity contribution in [3.63, 3.8) is 0 Å². The molecule has 2 aliphatic carbocycles. The highest BCUT2D eigenvalue weighted by Crippen LogP contribution is 2.58. The van der Waals surface area contributed by atoms with E-state index in [1.54, 1.807) is 31.4 Å². The maximum atomic E-state index is 14.5. The van der Waals surface area contributed by atoms with Crippen LogP contribution in [0.4, 0.5) is 5.69 Å². The average Bonchev–Trinajstić information content (AvgIpc) is 3.88. The van der Waals surface area contributed by atoms with E-state index in [-0.39, 0.29) is 53.4 Å². The predicted octanol–water partition coefficient (Wildman–Crippen LogP) is 5.63. The number of aliphatic hydroxyl groups is 3. The molecule has 2 aromatic heterocycles. The van der Waals surface area contributed by atoms with Crippen LogP contribution in [-0.4, -0.2) is 70.1 Å². The van der Waals surface area contributed by atoms with Gasteiger partial charge in [-0.2, -0.15) is 0 Å². The third kappa shape index (κ3) is 7.51. The van der Waals surface area contributed by atoms with Gasteiger partial charge in [0.05, 0.1) is 34.6 Å². The quantitative estimate of drug-likeness (QED) is 0.0616. The molecule has 1 aliphatic heterocycles. The summed E-state index contributed by atoms with van der Waals surface area (Å²) in [6.07, 6.45) is 7.32. The summed E-state index contributed by atoms with van der Waals surface area (Å²) in [5.74, 6) is 6.56. The van der Waals surface area contributed by atoms with Gasteiger partial charge in [-0.25, -0.2) is 0 Å². The third-order valence-electron chi connectivity index (χ3n) is 11.0. The summed E-state index contributed by atoms with van der Waals surface area (Å²) >= 11 is 3.17. The van der Waals surface area contributed by atoms with Crippen molar-refractivity contribution < 1.29 is 25.2 Å². The van der Waals surface area contributed by atoms with E-state index in [1.165, 1.54) is 11.3 Å². The monoisotopic (exact) mass is 716 g/mol. The Bertz CT molecular complexity index is 1820. The number of rotatable bonds is 10. The zero-order valence-electron chi connectivity index (χ0n) is 28.9. The van der Waals surface area contributed by atoms with Crippen molar-refractivity contribution >= 4 is 46.2 Å². The van der Waals surface area contributed by atoms with Crippen LogP contribution in [0.5, 0.6) is 5.75 Å². The van der Waals surface area contributed by atoms with Crippen molar-refractivity contribution in [3.8, 4) is 27.3 Å². The number of aliphatic hydroxyl groups excluding tert-OH is 3. The van der Waals surface area contributed by atoms with Crippen LogP contribution < -0.4 is 16.4 Å². The van der Waals surface area contributed by atoms with Crippen molar-refractivity contribution in [1.29, 1.82) is 0 Å². The molecule has 2 fully saturated rings. The Morgan fingerprint density at radius 2 is 1.88 bits per heavy atom. The van der Waals surface area contributed by atoms with Crippen molar-refractivity contribution in [1.82, 2.24) is 5.32 Å². The van der Waals surface area contributed by atoms with Gasteiger partial charge in [-0.1, -0.05) is 18.1 Å². The Hall–Kier alpha value is -3.66. The minimum absolute atomic E-state index is 0.0792. The number of phenols is 1. The summed E-state index contributed by atoms with van der Waals surface area (Å²) in [4.78, 5) is 22.6. The fraction of sp³-hybridized carbons (Fsp3) is 0.487. The maximum absolute atomic E-state index is 14.5. The van der Waals surface area contributed by atoms with Crippen LogP contribution in [0.25, 0.3) is 15.8 Å². The molecule has 3 aliphatic rings. The van der Waals surface area contributed by atoms with Gasteiger partial charge in [0.2, 0.25) is 0 Å². The van der Waals surface area contributed by atoms with E-state index in [9.17, 15) is 25.2 Å². The number of nitrogens with two attached hydrogens (primary N) is 1.